The van der Waals surface area contributed by atoms with E-state index in [2.05, 4.69) is 185 Å². The molecule has 1 atom stereocenters. The first-order valence-corrected chi connectivity index (χ1v) is 17.4. The van der Waals surface area contributed by atoms with Crippen molar-refractivity contribution < 1.29 is 49.0 Å². The van der Waals surface area contributed by atoms with Crippen LogP contribution in [0.15, 0.2) is 109 Å². The molecule has 1 unspecified atom stereocenters. The maximum absolute atomic E-state index is 3.67. The van der Waals surface area contributed by atoms with Crippen LogP contribution >= 0.6 is 0 Å². The van der Waals surface area contributed by atoms with Gasteiger partial charge >= 0.3 is 99.2 Å². The minimum absolute atomic E-state index is 0. The average Bonchev–Trinajstić information content (AvgIpc) is 3.60. The zero-order chi connectivity index (χ0) is 33.0. The van der Waals surface area contributed by atoms with E-state index in [1.807, 2.05) is 0 Å². The van der Waals surface area contributed by atoms with Crippen LogP contribution in [-0.4, -0.2) is 3.21 Å². The van der Waals surface area contributed by atoms with E-state index in [1.54, 1.807) is 0 Å². The van der Waals surface area contributed by atoms with Crippen LogP contribution in [0.5, 0.6) is 0 Å². The van der Waals surface area contributed by atoms with Crippen molar-refractivity contribution in [3.8, 4) is 11.1 Å². The van der Waals surface area contributed by atoms with Crippen LogP contribution in [0.1, 0.15) is 103 Å². The van der Waals surface area contributed by atoms with E-state index in [4.69, 9.17) is 0 Å². The fourth-order valence-electron chi connectivity index (χ4n) is 5.48. The molecule has 0 radical (unpaired) electrons. The summed E-state index contributed by atoms with van der Waals surface area (Å²) in [6.07, 6.45) is 8.71. The minimum atomic E-state index is 0. The Morgan fingerprint density at radius 3 is 1.64 bits per heavy atom. The van der Waals surface area contributed by atoms with E-state index >= 15 is 0 Å². The van der Waals surface area contributed by atoms with E-state index < -0.39 is 0 Å². The molecule has 0 spiro atoms. The quantitative estimate of drug-likeness (QED) is 0.212. The third-order valence-electron chi connectivity index (χ3n) is 8.44. The standard InChI is InChI=1S/C21H25.C13H10.C10H15.2ClH.Zr/c1-20(2,3)16-7-9-18-14(12-16)11-15-13-17(21(4,5)6)8-10-19(15)18;1-3-7-12(8-4-1)11-13-9-5-2-6-10-13;1-8-5-6-9(7-8)10(2,3)4;;;/h7-10,12H,11H2,1-6H3;1-10H;5,7,9H,1-4H3;2*1H;/q-1;;-1;;;+2/p-2. The van der Waals surface area contributed by atoms with E-state index in [0.29, 0.717) is 11.3 Å². The third-order valence-corrected chi connectivity index (χ3v) is 9.86. The van der Waals surface area contributed by atoms with Crippen molar-refractivity contribution in [2.75, 3.05) is 0 Å². The van der Waals surface area contributed by atoms with Gasteiger partial charge in [-0.2, -0.15) is 29.8 Å². The number of hydrogen-bond donors (Lipinski definition) is 0. The van der Waals surface area contributed by atoms with E-state index in [0.717, 1.165) is 6.42 Å². The Labute approximate surface area is 313 Å². The van der Waals surface area contributed by atoms with Crippen LogP contribution in [0.2, 0.25) is 0 Å². The molecule has 0 heterocycles. The first-order valence-electron chi connectivity index (χ1n) is 16.2. The van der Waals surface area contributed by atoms with Crippen LogP contribution < -0.4 is 24.8 Å². The van der Waals surface area contributed by atoms with Gasteiger partial charge in [0.1, 0.15) is 0 Å². The number of hydrogen-bond acceptors (Lipinski definition) is 0. The van der Waals surface area contributed by atoms with Crippen molar-refractivity contribution in [1.82, 2.24) is 0 Å². The van der Waals surface area contributed by atoms with Gasteiger partial charge < -0.3 is 24.8 Å². The number of halogens is 2. The van der Waals surface area contributed by atoms with Crippen LogP contribution in [-0.2, 0) is 41.5 Å². The number of benzene rings is 4. The molecule has 0 saturated heterocycles. The van der Waals surface area contributed by atoms with Crippen molar-refractivity contribution in [2.24, 2.45) is 11.3 Å². The Hall–Kier alpha value is -2.31. The van der Waals surface area contributed by atoms with Gasteiger partial charge in [0.05, 0.1) is 0 Å². The summed E-state index contributed by atoms with van der Waals surface area (Å²) in [4.78, 5) is 0. The third kappa shape index (κ3) is 11.1. The second-order valence-electron chi connectivity index (χ2n) is 15.5. The van der Waals surface area contributed by atoms with Crippen LogP contribution in [0, 0.1) is 23.5 Å². The monoisotopic (exact) mass is 738 g/mol. The molecule has 4 aromatic carbocycles. The summed E-state index contributed by atoms with van der Waals surface area (Å²) in [7, 11) is 0. The normalized spacial score (nSPS) is 14.6. The topological polar surface area (TPSA) is 0 Å². The molecule has 0 nitrogen and oxygen atoms in total. The molecule has 0 amide bonds. The summed E-state index contributed by atoms with van der Waals surface area (Å²) in [5.74, 6) is 0.521. The zero-order valence-corrected chi connectivity index (χ0v) is 33.8. The Morgan fingerprint density at radius 1 is 0.681 bits per heavy atom. The summed E-state index contributed by atoms with van der Waals surface area (Å²) in [6.45, 7) is 22.5. The van der Waals surface area contributed by atoms with Crippen molar-refractivity contribution in [1.29, 1.82) is 0 Å². The molecule has 246 valence electrons. The number of fused-ring (bicyclic) bond motifs is 3. The van der Waals surface area contributed by atoms with Gasteiger partial charge in [0, 0.05) is 0 Å². The molecule has 2 aliphatic carbocycles. The van der Waals surface area contributed by atoms with Crippen molar-refractivity contribution in [3.05, 3.63) is 154 Å². The molecule has 0 aliphatic heterocycles. The Morgan fingerprint density at radius 2 is 1.21 bits per heavy atom. The van der Waals surface area contributed by atoms with Crippen LogP contribution in [0.3, 0.4) is 0 Å². The van der Waals surface area contributed by atoms with Gasteiger partial charge in [-0.3, -0.25) is 6.08 Å². The second-order valence-corrected chi connectivity index (χ2v) is 16.7. The van der Waals surface area contributed by atoms with Crippen LogP contribution in [0.4, 0.5) is 0 Å². The van der Waals surface area contributed by atoms with Gasteiger partial charge in [-0.05, 0) is 33.8 Å². The molecule has 0 aromatic heterocycles. The van der Waals surface area contributed by atoms with Gasteiger partial charge in [0.2, 0.25) is 0 Å². The predicted octanol–water partition coefficient (Wildman–Crippen LogP) is 5.43. The first kappa shape index (κ1) is 40.9. The summed E-state index contributed by atoms with van der Waals surface area (Å²) < 4.78 is 1.42. The summed E-state index contributed by atoms with van der Waals surface area (Å²) in [5.41, 5.74) is 13.1. The Balaban J connectivity index is 0.000000258. The SMILES string of the molecule is CC(C)(C)c1[c-]c2c(cc1)-c1ccc(C(C)(C)C)cc1C2.CC1=CC(C(C)(C)C)[C-]=C1.[Cl-].[Cl-].[Zr+2]=[C](c1ccccc1)c1ccccc1. The van der Waals surface area contributed by atoms with E-state index in [1.165, 1.54) is 77.5 Å². The predicted molar refractivity (Wildman–Crippen MR) is 192 cm³/mol. The molecule has 0 bridgehead atoms. The van der Waals surface area contributed by atoms with Gasteiger partial charge in [-0.15, -0.1) is 18.1 Å². The second kappa shape index (κ2) is 16.9. The van der Waals surface area contributed by atoms with Gasteiger partial charge in [-0.1, -0.05) is 92.0 Å². The number of rotatable bonds is 2. The summed E-state index contributed by atoms with van der Waals surface area (Å²) >= 11 is 1.46. The molecular formula is C44H50Cl2Zr-2. The van der Waals surface area contributed by atoms with Crippen molar-refractivity contribution in [3.63, 3.8) is 0 Å². The molecule has 4 aromatic rings. The van der Waals surface area contributed by atoms with Gasteiger partial charge in [0.15, 0.2) is 0 Å². The number of allylic oxidation sites excluding steroid dienone is 4. The summed E-state index contributed by atoms with van der Waals surface area (Å²) in [6, 6.07) is 36.3. The van der Waals surface area contributed by atoms with Crippen molar-refractivity contribution >= 4 is 3.21 Å². The molecule has 2 aliphatic rings. The Kier molecular flexibility index (Phi) is 14.7. The fourth-order valence-corrected chi connectivity index (χ4v) is 6.30. The molecule has 0 N–H and O–H groups in total. The Bertz CT molecular complexity index is 1570. The molecule has 3 heteroatoms. The maximum atomic E-state index is 3.67. The van der Waals surface area contributed by atoms with Gasteiger partial charge in [0.25, 0.3) is 0 Å². The molecule has 6 rings (SSSR count). The van der Waals surface area contributed by atoms with E-state index in [9.17, 15) is 0 Å². The molecule has 0 saturated carbocycles. The fraction of sp³-hybridized carbons (Fsp3) is 0.341. The van der Waals surface area contributed by atoms with Crippen LogP contribution in [0.25, 0.3) is 11.1 Å². The van der Waals surface area contributed by atoms with E-state index in [-0.39, 0.29) is 35.6 Å². The van der Waals surface area contributed by atoms with Crippen molar-refractivity contribution in [2.45, 2.75) is 86.5 Å². The van der Waals surface area contributed by atoms with Gasteiger partial charge in [-0.25, -0.2) is 11.6 Å². The molecule has 0 fully saturated rings. The average molecular weight is 741 g/mol. The summed E-state index contributed by atoms with van der Waals surface area (Å²) in [5, 5.41) is 0. The first-order chi connectivity index (χ1) is 21.0. The zero-order valence-electron chi connectivity index (χ0n) is 29.9. The molecular weight excluding hydrogens is 691 g/mol. The molecule has 47 heavy (non-hydrogen) atoms.